The number of anilines is 1. The van der Waals surface area contributed by atoms with Crippen LogP contribution in [0.5, 0.6) is 0 Å². The third-order valence-electron chi connectivity index (χ3n) is 5.64. The van der Waals surface area contributed by atoms with Crippen LogP contribution in [0.25, 0.3) is 0 Å². The van der Waals surface area contributed by atoms with Crippen molar-refractivity contribution in [3.63, 3.8) is 0 Å². The number of piperidine rings is 1. The first-order valence-electron chi connectivity index (χ1n) is 10.3. The lowest BCUT2D eigenvalue weighted by molar-refractivity contribution is -0.125. The number of benzene rings is 1. The molecule has 2 aromatic rings. The van der Waals surface area contributed by atoms with Gasteiger partial charge in [0.25, 0.3) is 0 Å². The van der Waals surface area contributed by atoms with Gasteiger partial charge in [-0.3, -0.25) is 4.79 Å². The maximum absolute atomic E-state index is 12.8. The fourth-order valence-corrected chi connectivity index (χ4v) is 5.17. The van der Waals surface area contributed by atoms with Crippen molar-refractivity contribution in [2.45, 2.75) is 61.4 Å². The van der Waals surface area contributed by atoms with Crippen molar-refractivity contribution in [2.75, 3.05) is 18.0 Å². The molecule has 5 nitrogen and oxygen atoms in total. The molecule has 4 rings (SSSR count). The Balaban J connectivity index is 1.46. The van der Waals surface area contributed by atoms with Crippen molar-refractivity contribution in [1.82, 2.24) is 15.3 Å². The molecule has 2 fully saturated rings. The monoisotopic (exact) mass is 396 g/mol. The second-order valence-electron chi connectivity index (χ2n) is 7.88. The number of hydrogen-bond donors (Lipinski definition) is 1. The van der Waals surface area contributed by atoms with E-state index in [2.05, 4.69) is 51.4 Å². The van der Waals surface area contributed by atoms with Crippen LogP contribution >= 0.6 is 11.8 Å². The smallest absolute Gasteiger partial charge is 0.225 e. The first kappa shape index (κ1) is 19.2. The van der Waals surface area contributed by atoms with E-state index in [1.54, 1.807) is 24.2 Å². The van der Waals surface area contributed by atoms with Crippen LogP contribution in [0.1, 0.15) is 44.1 Å². The van der Waals surface area contributed by atoms with E-state index in [1.807, 2.05) is 0 Å². The van der Waals surface area contributed by atoms with E-state index in [-0.39, 0.29) is 11.8 Å². The van der Waals surface area contributed by atoms with E-state index < -0.39 is 0 Å². The number of carbonyl (C=O) groups is 1. The molecule has 2 aliphatic rings. The van der Waals surface area contributed by atoms with Gasteiger partial charge in [0.15, 0.2) is 5.82 Å². The van der Waals surface area contributed by atoms with Gasteiger partial charge < -0.3 is 10.2 Å². The molecule has 148 valence electrons. The van der Waals surface area contributed by atoms with Crippen LogP contribution in [0.4, 0.5) is 5.82 Å². The number of rotatable bonds is 5. The van der Waals surface area contributed by atoms with Gasteiger partial charge in [-0.25, -0.2) is 9.97 Å². The Morgan fingerprint density at radius 1 is 1.14 bits per heavy atom. The summed E-state index contributed by atoms with van der Waals surface area (Å²) in [5, 5.41) is 4.18. The number of hydrogen-bond acceptors (Lipinski definition) is 5. The van der Waals surface area contributed by atoms with Crippen molar-refractivity contribution in [1.29, 1.82) is 0 Å². The minimum atomic E-state index is 0.0353. The van der Waals surface area contributed by atoms with Crippen LogP contribution in [0, 0.1) is 12.8 Å². The van der Waals surface area contributed by atoms with Gasteiger partial charge in [-0.2, -0.15) is 0 Å². The molecule has 0 radical (unpaired) electrons. The Hall–Kier alpha value is -2.08. The highest BCUT2D eigenvalue weighted by Crippen LogP contribution is 2.34. The van der Waals surface area contributed by atoms with E-state index in [9.17, 15) is 4.79 Å². The molecule has 1 saturated carbocycles. The lowest BCUT2D eigenvalue weighted by Gasteiger charge is -2.34. The molecule has 1 aliphatic heterocycles. The number of nitrogens with one attached hydrogen (secondary N) is 1. The van der Waals surface area contributed by atoms with Crippen LogP contribution in [-0.4, -0.2) is 35.0 Å². The highest BCUT2D eigenvalue weighted by Gasteiger charge is 2.29. The van der Waals surface area contributed by atoms with Gasteiger partial charge in [-0.05, 0) is 44.7 Å². The Morgan fingerprint density at radius 2 is 1.96 bits per heavy atom. The summed E-state index contributed by atoms with van der Waals surface area (Å²) in [5.41, 5.74) is 1.23. The van der Waals surface area contributed by atoms with E-state index in [0.717, 1.165) is 54.5 Å². The van der Waals surface area contributed by atoms with Gasteiger partial charge in [-0.1, -0.05) is 42.3 Å². The highest BCUT2D eigenvalue weighted by atomic mass is 32.2. The standard InChI is InChI=1S/C22H28N4OS/c1-16-6-4-10-19(14-16)28-22-20(23-11-12-24-22)26-13-5-7-17(15-26)21(27)25-18-8-2-3-9-18/h4,6,10-12,14,17-18H,2-3,5,7-9,13,15H2,1H3,(H,25,27). The molecule has 6 heteroatoms. The van der Waals surface area contributed by atoms with E-state index in [1.165, 1.54) is 18.4 Å². The molecule has 1 aromatic heterocycles. The maximum Gasteiger partial charge on any atom is 0.225 e. The summed E-state index contributed by atoms with van der Waals surface area (Å²) < 4.78 is 0. The van der Waals surface area contributed by atoms with Crippen molar-refractivity contribution in [3.8, 4) is 0 Å². The van der Waals surface area contributed by atoms with E-state index >= 15 is 0 Å². The van der Waals surface area contributed by atoms with Crippen molar-refractivity contribution in [3.05, 3.63) is 42.2 Å². The minimum Gasteiger partial charge on any atom is -0.354 e. The van der Waals surface area contributed by atoms with Crippen LogP contribution < -0.4 is 10.2 Å². The zero-order valence-corrected chi connectivity index (χ0v) is 17.3. The fraction of sp³-hybridized carbons (Fsp3) is 0.500. The molecule has 28 heavy (non-hydrogen) atoms. The molecule has 0 spiro atoms. The van der Waals surface area contributed by atoms with Crippen molar-refractivity contribution in [2.24, 2.45) is 5.92 Å². The Morgan fingerprint density at radius 3 is 2.79 bits per heavy atom. The van der Waals surface area contributed by atoms with Gasteiger partial charge in [0.1, 0.15) is 5.03 Å². The SMILES string of the molecule is Cc1cccc(Sc2nccnc2N2CCCC(C(=O)NC3CCCC3)C2)c1. The predicted molar refractivity (Wildman–Crippen MR) is 113 cm³/mol. The third kappa shape index (κ3) is 4.66. The minimum absolute atomic E-state index is 0.0353. The van der Waals surface area contributed by atoms with Gasteiger partial charge in [0.2, 0.25) is 5.91 Å². The summed E-state index contributed by atoms with van der Waals surface area (Å²) in [7, 11) is 0. The first-order chi connectivity index (χ1) is 13.7. The lowest BCUT2D eigenvalue weighted by atomic mass is 9.96. The zero-order chi connectivity index (χ0) is 19.3. The van der Waals surface area contributed by atoms with Crippen molar-refractivity contribution < 1.29 is 4.79 Å². The van der Waals surface area contributed by atoms with E-state index in [0.29, 0.717) is 6.04 Å². The Labute approximate surface area is 171 Å². The quantitative estimate of drug-likeness (QED) is 0.820. The van der Waals surface area contributed by atoms with Gasteiger partial charge in [0, 0.05) is 36.4 Å². The first-order valence-corrected chi connectivity index (χ1v) is 11.1. The molecule has 1 aromatic carbocycles. The number of nitrogens with zero attached hydrogens (tertiary/aromatic N) is 3. The topological polar surface area (TPSA) is 58.1 Å². The summed E-state index contributed by atoms with van der Waals surface area (Å²) in [6, 6.07) is 8.81. The third-order valence-corrected chi connectivity index (χ3v) is 6.61. The molecule has 1 saturated heterocycles. The highest BCUT2D eigenvalue weighted by molar-refractivity contribution is 7.99. The second kappa shape index (κ2) is 8.95. The number of carbonyl (C=O) groups excluding carboxylic acids is 1. The van der Waals surface area contributed by atoms with Crippen LogP contribution in [-0.2, 0) is 4.79 Å². The summed E-state index contributed by atoms with van der Waals surface area (Å²) >= 11 is 1.64. The number of amides is 1. The number of aromatic nitrogens is 2. The van der Waals surface area contributed by atoms with E-state index in [4.69, 9.17) is 0 Å². The molecule has 1 aliphatic carbocycles. The molecule has 1 amide bonds. The summed E-state index contributed by atoms with van der Waals surface area (Å²) in [6.45, 7) is 3.74. The van der Waals surface area contributed by atoms with Gasteiger partial charge >= 0.3 is 0 Å². The van der Waals surface area contributed by atoms with Crippen LogP contribution in [0.15, 0.2) is 46.6 Å². The maximum atomic E-state index is 12.8. The average molecular weight is 397 g/mol. The molecular weight excluding hydrogens is 368 g/mol. The van der Waals surface area contributed by atoms with Crippen LogP contribution in [0.2, 0.25) is 0 Å². The summed E-state index contributed by atoms with van der Waals surface area (Å²) in [6.07, 6.45) is 10.2. The van der Waals surface area contributed by atoms with Crippen molar-refractivity contribution >= 4 is 23.5 Å². The van der Waals surface area contributed by atoms with Gasteiger partial charge in [0.05, 0.1) is 5.92 Å². The molecule has 1 N–H and O–H groups in total. The van der Waals surface area contributed by atoms with Gasteiger partial charge in [-0.15, -0.1) is 0 Å². The molecule has 1 unspecified atom stereocenters. The fourth-order valence-electron chi connectivity index (χ4n) is 4.17. The molecule has 2 heterocycles. The van der Waals surface area contributed by atoms with Crippen LogP contribution in [0.3, 0.4) is 0 Å². The predicted octanol–water partition coefficient (Wildman–Crippen LogP) is 4.21. The number of aryl methyl sites for hydroxylation is 1. The summed E-state index contributed by atoms with van der Waals surface area (Å²) in [4.78, 5) is 25.4. The Kier molecular flexibility index (Phi) is 6.15. The molecular formula is C22H28N4OS. The molecule has 1 atom stereocenters. The second-order valence-corrected chi connectivity index (χ2v) is 8.94. The lowest BCUT2D eigenvalue weighted by Crippen LogP contribution is -2.45. The average Bonchev–Trinajstić information content (AvgIpc) is 3.22. The zero-order valence-electron chi connectivity index (χ0n) is 16.4. The molecule has 0 bridgehead atoms. The summed E-state index contributed by atoms with van der Waals surface area (Å²) in [5.74, 6) is 1.15. The Bertz CT molecular complexity index is 822. The largest absolute Gasteiger partial charge is 0.354 e. The normalized spacial score (nSPS) is 20.3.